The van der Waals surface area contributed by atoms with Gasteiger partial charge in [0.2, 0.25) is 0 Å². The first-order chi connectivity index (χ1) is 11.4. The van der Waals surface area contributed by atoms with Crippen LogP contribution in [0.1, 0.15) is 88.8 Å². The van der Waals surface area contributed by atoms with Crippen LogP contribution in [0, 0.1) is 6.92 Å². The van der Waals surface area contributed by atoms with Gasteiger partial charge < -0.3 is 4.74 Å². The molecule has 0 atom stereocenters. The summed E-state index contributed by atoms with van der Waals surface area (Å²) in [6, 6.07) is 4.37. The zero-order valence-electron chi connectivity index (χ0n) is 16.0. The van der Waals surface area contributed by atoms with Crippen LogP contribution in [-0.4, -0.2) is 5.78 Å². The van der Waals surface area contributed by atoms with Crippen LogP contribution in [0.2, 0.25) is 0 Å². The molecule has 0 bridgehead atoms. The maximum atomic E-state index is 12.6. The van der Waals surface area contributed by atoms with Crippen molar-refractivity contribution in [2.45, 2.75) is 85.5 Å². The first-order valence-corrected chi connectivity index (χ1v) is 9.48. The van der Waals surface area contributed by atoms with Gasteiger partial charge >= 0.3 is 0 Å². The van der Waals surface area contributed by atoms with E-state index in [1.807, 2.05) is 6.92 Å². The van der Waals surface area contributed by atoms with E-state index >= 15 is 0 Å². The second kappa shape index (κ2) is 8.50. The molecule has 0 saturated heterocycles. The number of hydrogen-bond donors (Lipinski definition) is 0. The van der Waals surface area contributed by atoms with E-state index in [1.165, 1.54) is 36.0 Å². The Labute approximate surface area is 147 Å². The van der Waals surface area contributed by atoms with Crippen LogP contribution in [-0.2, 0) is 11.2 Å². The van der Waals surface area contributed by atoms with Crippen molar-refractivity contribution in [1.29, 1.82) is 0 Å². The molecule has 0 unspecified atom stereocenters. The number of unbranched alkanes of at least 4 members (excludes halogenated alkanes) is 4. The Balaban J connectivity index is 2.10. The molecule has 0 aliphatic carbocycles. The molecule has 0 aromatic heterocycles. The number of aryl methyl sites for hydroxylation is 1. The minimum atomic E-state index is 0.266. The number of Topliss-reactive ketones (excluding diaryl/α,β-unsaturated/α-hetero) is 1. The molecular weight excluding hydrogens is 296 g/mol. The summed E-state index contributed by atoms with van der Waals surface area (Å²) in [4.78, 5) is 12.6. The number of carbonyl (C=O) groups is 1. The van der Waals surface area contributed by atoms with E-state index in [2.05, 4.69) is 39.8 Å². The third kappa shape index (κ3) is 4.49. The van der Waals surface area contributed by atoms with Crippen molar-refractivity contribution < 1.29 is 9.53 Å². The zero-order valence-corrected chi connectivity index (χ0v) is 16.0. The molecule has 1 heterocycles. The predicted octanol–water partition coefficient (Wildman–Crippen LogP) is 6.26. The number of fused-ring (bicyclic) bond motifs is 1. The van der Waals surface area contributed by atoms with Crippen molar-refractivity contribution in [3.05, 3.63) is 40.2 Å². The molecule has 132 valence electrons. The van der Waals surface area contributed by atoms with Gasteiger partial charge in [-0.3, -0.25) is 4.79 Å². The fraction of sp³-hybridized carbons (Fsp3) is 0.591. The SMILES string of the molecule is CCCCCCCC(=O)C1=C(C)Oc2c(cc(C)cc2C(C)C)C1. The fourth-order valence-corrected chi connectivity index (χ4v) is 3.43. The third-order valence-electron chi connectivity index (χ3n) is 4.85. The molecule has 0 radical (unpaired) electrons. The molecule has 0 spiro atoms. The van der Waals surface area contributed by atoms with Crippen LogP contribution in [0.3, 0.4) is 0 Å². The second-order valence-electron chi connectivity index (χ2n) is 7.40. The molecule has 0 fully saturated rings. The zero-order chi connectivity index (χ0) is 17.7. The van der Waals surface area contributed by atoms with Gasteiger partial charge in [-0.25, -0.2) is 0 Å². The van der Waals surface area contributed by atoms with Gasteiger partial charge in [0.25, 0.3) is 0 Å². The van der Waals surface area contributed by atoms with Gasteiger partial charge in [0.05, 0.1) is 0 Å². The van der Waals surface area contributed by atoms with Crippen LogP contribution in [0.25, 0.3) is 0 Å². The molecule has 0 N–H and O–H groups in total. The first kappa shape index (κ1) is 18.8. The Morgan fingerprint density at radius 1 is 1.12 bits per heavy atom. The van der Waals surface area contributed by atoms with Crippen LogP contribution >= 0.6 is 0 Å². The molecule has 2 heteroatoms. The topological polar surface area (TPSA) is 26.3 Å². The molecule has 1 aromatic rings. The van der Waals surface area contributed by atoms with Crippen molar-refractivity contribution in [2.75, 3.05) is 0 Å². The van der Waals surface area contributed by atoms with Gasteiger partial charge in [0.15, 0.2) is 5.78 Å². The second-order valence-corrected chi connectivity index (χ2v) is 7.40. The Bertz CT molecular complexity index is 623. The summed E-state index contributed by atoms with van der Waals surface area (Å²) in [5.41, 5.74) is 4.53. The lowest BCUT2D eigenvalue weighted by Gasteiger charge is -2.25. The van der Waals surface area contributed by atoms with Gasteiger partial charge in [0.1, 0.15) is 11.5 Å². The number of rotatable bonds is 8. The molecular formula is C22H32O2. The smallest absolute Gasteiger partial charge is 0.162 e. The lowest BCUT2D eigenvalue weighted by atomic mass is 9.89. The normalized spacial score (nSPS) is 13.9. The fourth-order valence-electron chi connectivity index (χ4n) is 3.43. The van der Waals surface area contributed by atoms with Gasteiger partial charge in [-0.05, 0) is 37.3 Å². The highest BCUT2D eigenvalue weighted by atomic mass is 16.5. The lowest BCUT2D eigenvalue weighted by molar-refractivity contribution is -0.116. The number of carbonyl (C=O) groups excluding carboxylic acids is 1. The monoisotopic (exact) mass is 328 g/mol. The van der Waals surface area contributed by atoms with Crippen LogP contribution in [0.4, 0.5) is 0 Å². The summed E-state index contributed by atoms with van der Waals surface area (Å²) < 4.78 is 6.12. The highest BCUT2D eigenvalue weighted by Crippen LogP contribution is 2.38. The standard InChI is InChI=1S/C22H32O2/c1-6-7-8-9-10-11-21(23)20-14-18-12-16(4)13-19(15(2)3)22(18)24-17(20)5/h12-13,15H,6-11,14H2,1-5H3. The number of ether oxygens (including phenoxy) is 1. The lowest BCUT2D eigenvalue weighted by Crippen LogP contribution is -2.17. The van der Waals surface area contributed by atoms with Gasteiger partial charge in [-0.2, -0.15) is 0 Å². The summed E-state index contributed by atoms with van der Waals surface area (Å²) in [5, 5.41) is 0. The van der Waals surface area contributed by atoms with Gasteiger partial charge in [-0.1, -0.05) is 64.2 Å². The molecule has 0 saturated carbocycles. The van der Waals surface area contributed by atoms with E-state index in [9.17, 15) is 4.79 Å². The maximum Gasteiger partial charge on any atom is 0.162 e. The van der Waals surface area contributed by atoms with Crippen molar-refractivity contribution in [3.63, 3.8) is 0 Å². The molecule has 2 nitrogen and oxygen atoms in total. The van der Waals surface area contributed by atoms with Crippen molar-refractivity contribution in [1.82, 2.24) is 0 Å². The molecule has 1 aliphatic heterocycles. The number of hydrogen-bond acceptors (Lipinski definition) is 2. The maximum absolute atomic E-state index is 12.6. The van der Waals surface area contributed by atoms with Gasteiger partial charge in [-0.15, -0.1) is 0 Å². The van der Waals surface area contributed by atoms with Crippen LogP contribution in [0.5, 0.6) is 5.75 Å². The minimum absolute atomic E-state index is 0.266. The van der Waals surface area contributed by atoms with Crippen molar-refractivity contribution in [2.24, 2.45) is 0 Å². The minimum Gasteiger partial charge on any atom is -0.461 e. The number of ketones is 1. The Morgan fingerprint density at radius 2 is 1.83 bits per heavy atom. The highest BCUT2D eigenvalue weighted by Gasteiger charge is 2.25. The van der Waals surface area contributed by atoms with Gasteiger partial charge in [0, 0.05) is 18.4 Å². The van der Waals surface area contributed by atoms with E-state index in [-0.39, 0.29) is 5.78 Å². The predicted molar refractivity (Wildman–Crippen MR) is 101 cm³/mol. The largest absolute Gasteiger partial charge is 0.461 e. The van der Waals surface area contributed by atoms with Crippen LogP contribution < -0.4 is 4.74 Å². The molecule has 1 aromatic carbocycles. The van der Waals surface area contributed by atoms with Crippen LogP contribution in [0.15, 0.2) is 23.5 Å². The van der Waals surface area contributed by atoms with E-state index in [1.54, 1.807) is 0 Å². The quantitative estimate of drug-likeness (QED) is 0.527. The molecule has 0 amide bonds. The summed E-state index contributed by atoms with van der Waals surface area (Å²) in [6.07, 6.45) is 7.25. The average Bonchev–Trinajstić information content (AvgIpc) is 2.53. The highest BCUT2D eigenvalue weighted by molar-refractivity contribution is 5.96. The summed E-state index contributed by atoms with van der Waals surface area (Å²) in [7, 11) is 0. The van der Waals surface area contributed by atoms with E-state index in [0.29, 0.717) is 12.3 Å². The van der Waals surface area contributed by atoms with E-state index in [4.69, 9.17) is 4.74 Å². The number of benzene rings is 1. The van der Waals surface area contributed by atoms with E-state index < -0.39 is 0 Å². The van der Waals surface area contributed by atoms with E-state index in [0.717, 1.165) is 36.3 Å². The van der Waals surface area contributed by atoms with Crippen molar-refractivity contribution in [3.8, 4) is 5.75 Å². The Morgan fingerprint density at radius 3 is 2.50 bits per heavy atom. The first-order valence-electron chi connectivity index (χ1n) is 9.48. The van der Waals surface area contributed by atoms with Crippen molar-refractivity contribution >= 4 is 5.78 Å². The molecule has 1 aliphatic rings. The molecule has 2 rings (SSSR count). The summed E-state index contributed by atoms with van der Waals surface area (Å²) >= 11 is 0. The summed E-state index contributed by atoms with van der Waals surface area (Å²) in [6.45, 7) is 10.6. The summed E-state index contributed by atoms with van der Waals surface area (Å²) in [5.74, 6) is 2.46. The number of allylic oxidation sites excluding steroid dienone is 2. The third-order valence-corrected chi connectivity index (χ3v) is 4.85. The molecule has 24 heavy (non-hydrogen) atoms. The Hall–Kier alpha value is -1.57. The average molecular weight is 328 g/mol. The Kier molecular flexibility index (Phi) is 6.65.